The van der Waals surface area contributed by atoms with Crippen molar-refractivity contribution in [1.29, 1.82) is 0 Å². The Labute approximate surface area is 203 Å². The van der Waals surface area contributed by atoms with Gasteiger partial charge < -0.3 is 11.1 Å². The van der Waals surface area contributed by atoms with Gasteiger partial charge in [0.05, 0.1) is 27.1 Å². The molecule has 0 aliphatic carbocycles. The van der Waals surface area contributed by atoms with Crippen LogP contribution in [0.4, 0.5) is 0 Å². The fourth-order valence-electron chi connectivity index (χ4n) is 3.48. The van der Waals surface area contributed by atoms with Crippen molar-refractivity contribution in [3.63, 3.8) is 0 Å². The van der Waals surface area contributed by atoms with Gasteiger partial charge in [-0.15, -0.1) is 11.3 Å². The fraction of sp³-hybridized carbons (Fsp3) is 0.276. The molecule has 0 fully saturated rings. The number of thiazole rings is 1. The van der Waals surface area contributed by atoms with E-state index in [0.717, 1.165) is 16.9 Å². The Hall–Kier alpha value is -3.11. The second-order valence-corrected chi connectivity index (χ2v) is 9.15. The van der Waals surface area contributed by atoms with Crippen molar-refractivity contribution in [1.82, 2.24) is 10.3 Å². The second kappa shape index (κ2) is 14.1. The number of nitrogens with one attached hydrogen (secondary N) is 1. The number of hydrogen-bond acceptors (Lipinski definition) is 4. The molecule has 174 valence electrons. The molecule has 0 aliphatic rings. The molecule has 0 aliphatic heterocycles. The SMILES string of the molecule is C=C(N)NC(CC)c1ccccc1.CCCc1ccccc1C.Cc1nc2ccccc2s1. The smallest absolute Gasteiger partial charge is 0.0907 e. The molecule has 0 amide bonds. The average molecular weight is 460 g/mol. The van der Waals surface area contributed by atoms with Crippen LogP contribution in [0.5, 0.6) is 0 Å². The summed E-state index contributed by atoms with van der Waals surface area (Å²) in [4.78, 5) is 4.33. The van der Waals surface area contributed by atoms with Crippen LogP contribution in [0.3, 0.4) is 0 Å². The molecule has 4 aromatic rings. The molecule has 4 heteroatoms. The van der Waals surface area contributed by atoms with E-state index in [-0.39, 0.29) is 6.04 Å². The van der Waals surface area contributed by atoms with Crippen molar-refractivity contribution in [2.75, 3.05) is 0 Å². The van der Waals surface area contributed by atoms with E-state index in [1.54, 1.807) is 11.3 Å². The third-order valence-electron chi connectivity index (χ3n) is 5.15. The Morgan fingerprint density at radius 2 is 1.58 bits per heavy atom. The lowest BCUT2D eigenvalue weighted by Crippen LogP contribution is -2.24. The average Bonchev–Trinajstić information content (AvgIpc) is 3.20. The molecule has 3 aromatic carbocycles. The summed E-state index contributed by atoms with van der Waals surface area (Å²) < 4.78 is 1.28. The topological polar surface area (TPSA) is 50.9 Å². The number of nitrogens with zero attached hydrogens (tertiary/aromatic N) is 1. The minimum absolute atomic E-state index is 0.277. The Balaban J connectivity index is 0.000000177. The van der Waals surface area contributed by atoms with Crippen LogP contribution in [-0.4, -0.2) is 4.98 Å². The van der Waals surface area contributed by atoms with Gasteiger partial charge in [-0.1, -0.05) is 93.6 Å². The highest BCUT2D eigenvalue weighted by molar-refractivity contribution is 7.18. The predicted molar refractivity (Wildman–Crippen MR) is 145 cm³/mol. The summed E-state index contributed by atoms with van der Waals surface area (Å²) in [5.41, 5.74) is 10.8. The van der Waals surface area contributed by atoms with Gasteiger partial charge in [0.1, 0.15) is 0 Å². The molecular formula is C29H37N3S. The van der Waals surface area contributed by atoms with Gasteiger partial charge in [-0.3, -0.25) is 0 Å². The van der Waals surface area contributed by atoms with Gasteiger partial charge in [-0.2, -0.15) is 0 Å². The molecule has 0 spiro atoms. The first-order chi connectivity index (χ1) is 15.9. The molecule has 0 bridgehead atoms. The molecule has 0 radical (unpaired) electrons. The van der Waals surface area contributed by atoms with Crippen LogP contribution in [-0.2, 0) is 6.42 Å². The van der Waals surface area contributed by atoms with E-state index >= 15 is 0 Å². The number of aromatic nitrogens is 1. The summed E-state index contributed by atoms with van der Waals surface area (Å²) in [6, 6.07) is 27.3. The van der Waals surface area contributed by atoms with Gasteiger partial charge >= 0.3 is 0 Å². The van der Waals surface area contributed by atoms with Crippen LogP contribution < -0.4 is 11.1 Å². The van der Waals surface area contributed by atoms with Crippen molar-refractivity contribution in [3.8, 4) is 0 Å². The van der Waals surface area contributed by atoms with Gasteiger partial charge in [0.25, 0.3) is 0 Å². The number of nitrogens with two attached hydrogens (primary N) is 1. The molecule has 3 N–H and O–H groups in total. The molecule has 33 heavy (non-hydrogen) atoms. The van der Waals surface area contributed by atoms with Gasteiger partial charge in [0.2, 0.25) is 0 Å². The monoisotopic (exact) mass is 459 g/mol. The van der Waals surface area contributed by atoms with Crippen molar-refractivity contribution < 1.29 is 0 Å². The normalized spacial score (nSPS) is 10.9. The Kier molecular flexibility index (Phi) is 11.2. The van der Waals surface area contributed by atoms with Crippen LogP contribution in [0.15, 0.2) is 91.3 Å². The first kappa shape index (κ1) is 26.1. The number of para-hydroxylation sites is 1. The largest absolute Gasteiger partial charge is 0.386 e. The van der Waals surface area contributed by atoms with Crippen molar-refractivity contribution in [3.05, 3.63) is 113 Å². The molecular weight excluding hydrogens is 422 g/mol. The van der Waals surface area contributed by atoms with E-state index in [0.29, 0.717) is 5.82 Å². The number of fused-ring (bicyclic) bond motifs is 1. The number of aryl methyl sites for hydroxylation is 3. The molecule has 4 rings (SSSR count). The molecule has 3 nitrogen and oxygen atoms in total. The molecule has 1 aromatic heterocycles. The zero-order chi connectivity index (χ0) is 24.1. The van der Waals surface area contributed by atoms with Crippen LogP contribution in [0.25, 0.3) is 10.2 Å². The van der Waals surface area contributed by atoms with Crippen LogP contribution in [0, 0.1) is 13.8 Å². The van der Waals surface area contributed by atoms with Gasteiger partial charge in [0, 0.05) is 0 Å². The summed E-state index contributed by atoms with van der Waals surface area (Å²) in [5, 5.41) is 4.27. The first-order valence-corrected chi connectivity index (χ1v) is 12.4. The lowest BCUT2D eigenvalue weighted by atomic mass is 10.1. The summed E-state index contributed by atoms with van der Waals surface area (Å²) in [6.45, 7) is 12.2. The van der Waals surface area contributed by atoms with Gasteiger partial charge in [-0.25, -0.2) is 4.98 Å². The maximum Gasteiger partial charge on any atom is 0.0907 e. The third-order valence-corrected chi connectivity index (χ3v) is 6.10. The Morgan fingerprint density at radius 3 is 2.18 bits per heavy atom. The highest BCUT2D eigenvalue weighted by atomic mass is 32.1. The van der Waals surface area contributed by atoms with E-state index in [1.807, 2.05) is 43.3 Å². The van der Waals surface area contributed by atoms with E-state index < -0.39 is 0 Å². The Bertz CT molecular complexity index is 1070. The highest BCUT2D eigenvalue weighted by Gasteiger charge is 2.06. The lowest BCUT2D eigenvalue weighted by molar-refractivity contribution is 0.577. The highest BCUT2D eigenvalue weighted by Crippen LogP contribution is 2.20. The predicted octanol–water partition coefficient (Wildman–Crippen LogP) is 7.71. The van der Waals surface area contributed by atoms with Crippen molar-refractivity contribution >= 4 is 21.6 Å². The number of hydrogen-bond donors (Lipinski definition) is 2. The number of rotatable bonds is 6. The van der Waals surface area contributed by atoms with Crippen molar-refractivity contribution in [2.24, 2.45) is 5.73 Å². The summed E-state index contributed by atoms with van der Waals surface area (Å²) in [7, 11) is 0. The molecule has 0 saturated carbocycles. The molecule has 1 heterocycles. The van der Waals surface area contributed by atoms with Crippen LogP contribution in [0.2, 0.25) is 0 Å². The maximum atomic E-state index is 5.50. The summed E-state index contributed by atoms with van der Waals surface area (Å²) in [5.74, 6) is 0.524. The zero-order valence-corrected chi connectivity index (χ0v) is 21.2. The molecule has 1 unspecified atom stereocenters. The molecule has 1 atom stereocenters. The van der Waals surface area contributed by atoms with E-state index in [9.17, 15) is 0 Å². The summed E-state index contributed by atoms with van der Waals surface area (Å²) >= 11 is 1.74. The minimum Gasteiger partial charge on any atom is -0.386 e. The fourth-order valence-corrected chi connectivity index (χ4v) is 4.30. The Morgan fingerprint density at radius 1 is 0.939 bits per heavy atom. The van der Waals surface area contributed by atoms with Gasteiger partial charge in [0.15, 0.2) is 0 Å². The van der Waals surface area contributed by atoms with E-state index in [4.69, 9.17) is 5.73 Å². The standard InChI is InChI=1S/C11H16N2.C10H14.C8H7NS/c1-3-11(13-9(2)12)10-7-5-4-6-8-10;1-3-6-10-8-5-4-7-9(10)2;1-6-9-7-4-2-3-5-8(7)10-6/h4-8,11,13H,2-3,12H2,1H3;4-5,7-8H,3,6H2,1-2H3;2-5H,1H3. The van der Waals surface area contributed by atoms with Crippen LogP contribution in [0.1, 0.15) is 54.4 Å². The first-order valence-electron chi connectivity index (χ1n) is 11.6. The quantitative estimate of drug-likeness (QED) is 0.310. The van der Waals surface area contributed by atoms with Gasteiger partial charge in [-0.05, 0) is 55.5 Å². The van der Waals surface area contributed by atoms with Crippen LogP contribution >= 0.6 is 11.3 Å². The van der Waals surface area contributed by atoms with E-state index in [1.165, 1.54) is 34.2 Å². The minimum atomic E-state index is 0.277. The summed E-state index contributed by atoms with van der Waals surface area (Å²) in [6.07, 6.45) is 3.46. The maximum absolute atomic E-state index is 5.50. The lowest BCUT2D eigenvalue weighted by Gasteiger charge is -2.17. The van der Waals surface area contributed by atoms with Crippen molar-refractivity contribution in [2.45, 2.75) is 53.0 Å². The third kappa shape index (κ3) is 9.11. The second-order valence-electron chi connectivity index (χ2n) is 7.92. The molecule has 0 saturated heterocycles. The zero-order valence-electron chi connectivity index (χ0n) is 20.3. The number of benzene rings is 3. The van der Waals surface area contributed by atoms with E-state index in [2.05, 4.69) is 80.1 Å².